The molecule has 0 saturated heterocycles. The molecule has 2 N–H and O–H groups in total. The van der Waals surface area contributed by atoms with E-state index in [1.165, 1.54) is 5.57 Å². The van der Waals surface area contributed by atoms with Crippen LogP contribution in [0.25, 0.3) is 0 Å². The smallest absolute Gasteiger partial charge is 0.0925 e. The zero-order chi connectivity index (χ0) is 7.40. The molecule has 2 nitrogen and oxygen atoms in total. The van der Waals surface area contributed by atoms with Crippen molar-refractivity contribution in [2.24, 2.45) is 0 Å². The molecule has 0 unspecified atom stereocenters. The van der Waals surface area contributed by atoms with Crippen LogP contribution in [0.5, 0.6) is 0 Å². The van der Waals surface area contributed by atoms with Gasteiger partial charge in [-0.1, -0.05) is 11.6 Å². The molecule has 0 aliphatic heterocycles. The van der Waals surface area contributed by atoms with Crippen molar-refractivity contribution in [1.82, 2.24) is 5.32 Å². The molecule has 0 bridgehead atoms. The van der Waals surface area contributed by atoms with Gasteiger partial charge in [0, 0.05) is 13.0 Å². The van der Waals surface area contributed by atoms with Gasteiger partial charge in [0.1, 0.15) is 0 Å². The molecule has 0 atom stereocenters. The Balaban J connectivity index is 2.47. The van der Waals surface area contributed by atoms with Crippen molar-refractivity contribution in [1.29, 1.82) is 0 Å². The van der Waals surface area contributed by atoms with Gasteiger partial charge in [0.05, 0.1) is 5.76 Å². The van der Waals surface area contributed by atoms with Crippen LogP contribution < -0.4 is 5.32 Å². The van der Waals surface area contributed by atoms with Crippen LogP contribution in [0.3, 0.4) is 0 Å². The zero-order valence-electron chi connectivity index (χ0n) is 6.22. The molecule has 0 saturated carbocycles. The lowest BCUT2D eigenvalue weighted by molar-refractivity contribution is 0.385. The summed E-state index contributed by atoms with van der Waals surface area (Å²) in [6.45, 7) is 0.934. The molecule has 56 valence electrons. The molecular formula is C8H13NO. The summed E-state index contributed by atoms with van der Waals surface area (Å²) in [5.74, 6) is 0.500. The Bertz CT molecular complexity index is 166. The fourth-order valence-electron chi connectivity index (χ4n) is 1.04. The van der Waals surface area contributed by atoms with Gasteiger partial charge in [0.15, 0.2) is 0 Å². The SMILES string of the molecule is CNCC1=CC=C(O)CC1. The molecule has 1 aliphatic rings. The number of hydrogen-bond donors (Lipinski definition) is 2. The van der Waals surface area contributed by atoms with E-state index in [9.17, 15) is 0 Å². The van der Waals surface area contributed by atoms with Crippen molar-refractivity contribution in [2.75, 3.05) is 13.6 Å². The van der Waals surface area contributed by atoms with Gasteiger partial charge in [0.25, 0.3) is 0 Å². The van der Waals surface area contributed by atoms with E-state index in [0.717, 1.165) is 19.4 Å². The maximum Gasteiger partial charge on any atom is 0.0925 e. The molecular weight excluding hydrogens is 126 g/mol. The first-order valence-corrected chi connectivity index (χ1v) is 3.55. The summed E-state index contributed by atoms with van der Waals surface area (Å²) in [7, 11) is 1.93. The van der Waals surface area contributed by atoms with Crippen molar-refractivity contribution in [3.63, 3.8) is 0 Å². The highest BCUT2D eigenvalue weighted by Crippen LogP contribution is 2.14. The second-order valence-electron chi connectivity index (χ2n) is 2.51. The number of nitrogens with one attached hydrogen (secondary N) is 1. The summed E-state index contributed by atoms with van der Waals surface area (Å²) in [4.78, 5) is 0. The molecule has 0 aromatic carbocycles. The van der Waals surface area contributed by atoms with Crippen LogP contribution >= 0.6 is 0 Å². The van der Waals surface area contributed by atoms with Gasteiger partial charge in [-0.2, -0.15) is 0 Å². The van der Waals surface area contributed by atoms with Gasteiger partial charge in [-0.25, -0.2) is 0 Å². The average Bonchev–Trinajstić information content (AvgIpc) is 1.95. The number of aliphatic hydroxyl groups is 1. The van der Waals surface area contributed by atoms with E-state index in [4.69, 9.17) is 5.11 Å². The van der Waals surface area contributed by atoms with Crippen molar-refractivity contribution >= 4 is 0 Å². The Kier molecular flexibility index (Phi) is 2.51. The summed E-state index contributed by atoms with van der Waals surface area (Å²) in [5.41, 5.74) is 1.36. The second kappa shape index (κ2) is 3.42. The highest BCUT2D eigenvalue weighted by atomic mass is 16.3. The minimum atomic E-state index is 0.500. The first-order chi connectivity index (χ1) is 4.83. The second-order valence-corrected chi connectivity index (χ2v) is 2.51. The van der Waals surface area contributed by atoms with Crippen LogP contribution in [0.15, 0.2) is 23.5 Å². The topological polar surface area (TPSA) is 32.3 Å². The van der Waals surface area contributed by atoms with E-state index in [2.05, 4.69) is 5.32 Å². The average molecular weight is 139 g/mol. The lowest BCUT2D eigenvalue weighted by Crippen LogP contribution is -2.11. The van der Waals surface area contributed by atoms with E-state index < -0.39 is 0 Å². The predicted molar refractivity (Wildman–Crippen MR) is 42.0 cm³/mol. The maximum atomic E-state index is 8.99. The minimum Gasteiger partial charge on any atom is -0.512 e. The summed E-state index contributed by atoms with van der Waals surface area (Å²) in [5, 5.41) is 12.1. The minimum absolute atomic E-state index is 0.500. The summed E-state index contributed by atoms with van der Waals surface area (Å²) in [6, 6.07) is 0. The number of aliphatic hydroxyl groups excluding tert-OH is 1. The summed E-state index contributed by atoms with van der Waals surface area (Å²) in [6.07, 6.45) is 5.54. The fourth-order valence-corrected chi connectivity index (χ4v) is 1.04. The Morgan fingerprint density at radius 2 is 2.30 bits per heavy atom. The van der Waals surface area contributed by atoms with Crippen molar-refractivity contribution < 1.29 is 5.11 Å². The third kappa shape index (κ3) is 1.88. The lowest BCUT2D eigenvalue weighted by atomic mass is 10.0. The van der Waals surface area contributed by atoms with Gasteiger partial charge in [-0.3, -0.25) is 0 Å². The van der Waals surface area contributed by atoms with E-state index >= 15 is 0 Å². The van der Waals surface area contributed by atoms with Crippen molar-refractivity contribution in [3.8, 4) is 0 Å². The zero-order valence-corrected chi connectivity index (χ0v) is 6.22. The van der Waals surface area contributed by atoms with Crippen molar-refractivity contribution in [3.05, 3.63) is 23.5 Å². The number of likely N-dealkylation sites (N-methyl/N-ethyl adjacent to an activating group) is 1. The first-order valence-electron chi connectivity index (χ1n) is 3.55. The molecule has 1 rings (SSSR count). The molecule has 0 aromatic rings. The number of rotatable bonds is 2. The van der Waals surface area contributed by atoms with Gasteiger partial charge in [-0.15, -0.1) is 0 Å². The highest BCUT2D eigenvalue weighted by molar-refractivity contribution is 5.21. The number of hydrogen-bond acceptors (Lipinski definition) is 2. The van der Waals surface area contributed by atoms with E-state index in [1.54, 1.807) is 6.08 Å². The Labute approximate surface area is 61.3 Å². The molecule has 0 amide bonds. The Morgan fingerprint density at radius 3 is 2.80 bits per heavy atom. The van der Waals surface area contributed by atoms with Crippen LogP contribution in [0.4, 0.5) is 0 Å². The fraction of sp³-hybridized carbons (Fsp3) is 0.500. The van der Waals surface area contributed by atoms with E-state index in [1.807, 2.05) is 13.1 Å². The van der Waals surface area contributed by atoms with Crippen LogP contribution in [-0.4, -0.2) is 18.7 Å². The van der Waals surface area contributed by atoms with E-state index in [0.29, 0.717) is 5.76 Å². The van der Waals surface area contributed by atoms with Gasteiger partial charge >= 0.3 is 0 Å². The molecule has 0 aromatic heterocycles. The Hall–Kier alpha value is -0.760. The molecule has 0 radical (unpaired) electrons. The summed E-state index contributed by atoms with van der Waals surface area (Å²) < 4.78 is 0. The van der Waals surface area contributed by atoms with Crippen LogP contribution in [0.2, 0.25) is 0 Å². The predicted octanol–water partition coefficient (Wildman–Crippen LogP) is 1.37. The third-order valence-electron chi connectivity index (χ3n) is 1.62. The van der Waals surface area contributed by atoms with Gasteiger partial charge in [-0.05, 0) is 19.5 Å². The first kappa shape index (κ1) is 7.35. The van der Waals surface area contributed by atoms with Crippen LogP contribution in [0.1, 0.15) is 12.8 Å². The quantitative estimate of drug-likeness (QED) is 0.605. The van der Waals surface area contributed by atoms with Gasteiger partial charge < -0.3 is 10.4 Å². The monoisotopic (exact) mass is 139 g/mol. The molecule has 0 spiro atoms. The molecule has 1 aliphatic carbocycles. The summed E-state index contributed by atoms with van der Waals surface area (Å²) >= 11 is 0. The molecule has 2 heteroatoms. The maximum absolute atomic E-state index is 8.99. The largest absolute Gasteiger partial charge is 0.512 e. The molecule has 0 fully saturated rings. The van der Waals surface area contributed by atoms with Gasteiger partial charge in [0.2, 0.25) is 0 Å². The lowest BCUT2D eigenvalue weighted by Gasteiger charge is -2.09. The normalized spacial score (nSPS) is 18.1. The number of allylic oxidation sites excluding steroid dienone is 3. The standard InChI is InChI=1S/C8H13NO/c1-9-6-7-2-4-8(10)5-3-7/h2,4,9-10H,3,5-6H2,1H3. The van der Waals surface area contributed by atoms with Crippen LogP contribution in [0, 0.1) is 0 Å². The van der Waals surface area contributed by atoms with Crippen LogP contribution in [-0.2, 0) is 0 Å². The van der Waals surface area contributed by atoms with E-state index in [-0.39, 0.29) is 0 Å². The molecule has 10 heavy (non-hydrogen) atoms. The highest BCUT2D eigenvalue weighted by Gasteiger charge is 2.02. The Morgan fingerprint density at radius 1 is 1.50 bits per heavy atom. The third-order valence-corrected chi connectivity index (χ3v) is 1.62. The molecule has 0 heterocycles. The van der Waals surface area contributed by atoms with Crippen molar-refractivity contribution in [2.45, 2.75) is 12.8 Å².